The van der Waals surface area contributed by atoms with Gasteiger partial charge >= 0.3 is 0 Å². The molecule has 70 valence electrons. The van der Waals surface area contributed by atoms with Gasteiger partial charge in [-0.1, -0.05) is 27.6 Å². The zero-order chi connectivity index (χ0) is 9.19. The maximum Gasteiger partial charge on any atom is 0.0967 e. The zero-order valence-corrected chi connectivity index (χ0v) is 9.65. The molecule has 0 N–H and O–H groups in total. The summed E-state index contributed by atoms with van der Waals surface area (Å²) in [6.07, 6.45) is 5.01. The van der Waals surface area contributed by atoms with Crippen molar-refractivity contribution in [2.45, 2.75) is 45.3 Å². The summed E-state index contributed by atoms with van der Waals surface area (Å²) in [5.41, 5.74) is 1.56. The Bertz CT molecular complexity index is 184. The summed E-state index contributed by atoms with van der Waals surface area (Å²) in [6.45, 7) is 6.47. The van der Waals surface area contributed by atoms with Crippen LogP contribution in [0.15, 0.2) is 11.6 Å². The Balaban J connectivity index is 2.21. The minimum atomic E-state index is 0.162. The fourth-order valence-corrected chi connectivity index (χ4v) is 2.17. The van der Waals surface area contributed by atoms with Crippen molar-refractivity contribution in [3.05, 3.63) is 11.6 Å². The molecule has 0 bridgehead atoms. The van der Waals surface area contributed by atoms with Gasteiger partial charge < -0.3 is 4.74 Å². The molecule has 1 rings (SSSR count). The molecule has 0 amide bonds. The third-order valence-corrected chi connectivity index (χ3v) is 2.96. The Morgan fingerprint density at radius 1 is 1.58 bits per heavy atom. The van der Waals surface area contributed by atoms with E-state index in [9.17, 15) is 0 Å². The second-order valence-corrected chi connectivity index (χ2v) is 4.54. The van der Waals surface area contributed by atoms with E-state index >= 15 is 0 Å². The molecule has 2 atom stereocenters. The van der Waals surface area contributed by atoms with Crippen molar-refractivity contribution < 1.29 is 4.74 Å². The van der Waals surface area contributed by atoms with E-state index in [4.69, 9.17) is 4.74 Å². The highest BCUT2D eigenvalue weighted by Gasteiger charge is 2.50. The molecule has 0 aliphatic carbocycles. The van der Waals surface area contributed by atoms with Crippen molar-refractivity contribution >= 4 is 15.9 Å². The van der Waals surface area contributed by atoms with Gasteiger partial charge in [-0.2, -0.15) is 0 Å². The molecule has 0 unspecified atom stereocenters. The summed E-state index contributed by atoms with van der Waals surface area (Å²) < 4.78 is 5.56. The van der Waals surface area contributed by atoms with Gasteiger partial charge in [0.15, 0.2) is 0 Å². The highest BCUT2D eigenvalue weighted by Crippen LogP contribution is 2.41. The van der Waals surface area contributed by atoms with Crippen LogP contribution in [0.3, 0.4) is 0 Å². The Morgan fingerprint density at radius 2 is 2.25 bits per heavy atom. The maximum absolute atomic E-state index is 5.56. The van der Waals surface area contributed by atoms with Gasteiger partial charge in [-0.15, -0.1) is 0 Å². The lowest BCUT2D eigenvalue weighted by atomic mass is 10.0. The lowest BCUT2D eigenvalue weighted by molar-refractivity contribution is 0.301. The van der Waals surface area contributed by atoms with Crippen LogP contribution in [0.5, 0.6) is 0 Å². The number of allylic oxidation sites excluding steroid dienone is 2. The molecule has 1 aliphatic heterocycles. The van der Waals surface area contributed by atoms with E-state index in [0.717, 1.165) is 18.2 Å². The Hall–Kier alpha value is 0.180. The normalized spacial score (nSPS) is 33.2. The van der Waals surface area contributed by atoms with Crippen LogP contribution in [0, 0.1) is 0 Å². The number of rotatable bonds is 4. The predicted molar refractivity (Wildman–Crippen MR) is 55.7 cm³/mol. The monoisotopic (exact) mass is 232 g/mol. The van der Waals surface area contributed by atoms with Gasteiger partial charge in [0.2, 0.25) is 0 Å². The van der Waals surface area contributed by atoms with Crippen LogP contribution in [-0.2, 0) is 4.74 Å². The van der Waals surface area contributed by atoms with Gasteiger partial charge in [-0.3, -0.25) is 0 Å². The first-order valence-corrected chi connectivity index (χ1v) is 5.58. The molecule has 12 heavy (non-hydrogen) atoms. The van der Waals surface area contributed by atoms with E-state index < -0.39 is 0 Å². The summed E-state index contributed by atoms with van der Waals surface area (Å²) in [4.78, 5) is 0. The van der Waals surface area contributed by atoms with Gasteiger partial charge in [0.1, 0.15) is 0 Å². The second-order valence-electron chi connectivity index (χ2n) is 3.89. The van der Waals surface area contributed by atoms with Gasteiger partial charge in [0, 0.05) is 5.33 Å². The number of hydrogen-bond acceptors (Lipinski definition) is 1. The molecule has 1 fully saturated rings. The van der Waals surface area contributed by atoms with E-state index in [2.05, 4.69) is 42.8 Å². The van der Waals surface area contributed by atoms with Crippen LogP contribution in [-0.4, -0.2) is 17.0 Å². The Morgan fingerprint density at radius 3 is 2.67 bits per heavy atom. The molecule has 1 saturated heterocycles. The van der Waals surface area contributed by atoms with Crippen molar-refractivity contribution in [1.29, 1.82) is 0 Å². The molecule has 0 spiro atoms. The van der Waals surface area contributed by atoms with Gasteiger partial charge in [-0.05, 0) is 33.6 Å². The third kappa shape index (κ3) is 2.60. The van der Waals surface area contributed by atoms with E-state index in [1.165, 1.54) is 5.57 Å². The smallest absolute Gasteiger partial charge is 0.0967 e. The molecule has 0 aromatic heterocycles. The summed E-state index contributed by atoms with van der Waals surface area (Å²) in [6, 6.07) is 0. The van der Waals surface area contributed by atoms with Crippen LogP contribution in [0.4, 0.5) is 0 Å². The largest absolute Gasteiger partial charge is 0.365 e. The third-order valence-electron chi connectivity index (χ3n) is 2.37. The molecule has 0 aromatic carbocycles. The summed E-state index contributed by atoms with van der Waals surface area (Å²) in [7, 11) is 0. The van der Waals surface area contributed by atoms with Crippen LogP contribution in [0.25, 0.3) is 0 Å². The van der Waals surface area contributed by atoms with E-state index in [1.54, 1.807) is 0 Å². The number of hydrogen-bond donors (Lipinski definition) is 0. The zero-order valence-electron chi connectivity index (χ0n) is 8.06. The molecule has 1 nitrogen and oxygen atoms in total. The number of halogens is 1. The lowest BCUT2D eigenvalue weighted by Gasteiger charge is -2.02. The maximum atomic E-state index is 5.56. The van der Waals surface area contributed by atoms with Crippen LogP contribution < -0.4 is 0 Å². The molecular formula is C10H17BrO. The summed E-state index contributed by atoms with van der Waals surface area (Å²) >= 11 is 3.43. The van der Waals surface area contributed by atoms with Gasteiger partial charge in [0.25, 0.3) is 0 Å². The van der Waals surface area contributed by atoms with E-state index in [1.807, 2.05) is 0 Å². The second kappa shape index (κ2) is 3.93. The quantitative estimate of drug-likeness (QED) is 0.412. The SMILES string of the molecule is CC(C)=CCC[C@]1(C)O[C@@H]1CBr. The standard InChI is InChI=1S/C10H17BrO/c1-8(2)5-4-6-10(3)9(7-11)12-10/h5,9H,4,6-7H2,1-3H3/t9-,10+/m1/s1. The fourth-order valence-electron chi connectivity index (χ4n) is 1.35. The average molecular weight is 233 g/mol. The summed E-state index contributed by atoms with van der Waals surface area (Å²) in [5, 5.41) is 0.971. The minimum Gasteiger partial charge on any atom is -0.365 e. The van der Waals surface area contributed by atoms with Crippen LogP contribution >= 0.6 is 15.9 Å². The molecular weight excluding hydrogens is 216 g/mol. The average Bonchev–Trinajstić information content (AvgIpc) is 2.61. The first-order chi connectivity index (χ1) is 5.58. The topological polar surface area (TPSA) is 12.5 Å². The minimum absolute atomic E-state index is 0.162. The Kier molecular flexibility index (Phi) is 3.36. The van der Waals surface area contributed by atoms with Crippen molar-refractivity contribution in [2.75, 3.05) is 5.33 Å². The van der Waals surface area contributed by atoms with E-state index in [-0.39, 0.29) is 5.60 Å². The van der Waals surface area contributed by atoms with Crippen LogP contribution in [0.1, 0.15) is 33.6 Å². The van der Waals surface area contributed by atoms with E-state index in [0.29, 0.717) is 6.10 Å². The van der Waals surface area contributed by atoms with Crippen LogP contribution in [0.2, 0.25) is 0 Å². The van der Waals surface area contributed by atoms with Crippen molar-refractivity contribution in [1.82, 2.24) is 0 Å². The highest BCUT2D eigenvalue weighted by atomic mass is 79.9. The highest BCUT2D eigenvalue weighted by molar-refractivity contribution is 9.09. The first kappa shape index (κ1) is 10.3. The molecule has 0 aromatic rings. The molecule has 1 heterocycles. The molecule has 0 radical (unpaired) electrons. The number of alkyl halides is 1. The molecule has 0 saturated carbocycles. The van der Waals surface area contributed by atoms with Gasteiger partial charge in [0.05, 0.1) is 11.7 Å². The van der Waals surface area contributed by atoms with Crippen molar-refractivity contribution in [2.24, 2.45) is 0 Å². The lowest BCUT2D eigenvalue weighted by Crippen LogP contribution is -2.09. The van der Waals surface area contributed by atoms with Crippen molar-refractivity contribution in [3.8, 4) is 0 Å². The number of ether oxygens (including phenoxy) is 1. The predicted octanol–water partition coefficient (Wildman–Crippen LogP) is 3.29. The molecule has 2 heteroatoms. The Labute approximate surface area is 83.3 Å². The number of epoxide rings is 1. The first-order valence-electron chi connectivity index (χ1n) is 4.45. The van der Waals surface area contributed by atoms with Crippen molar-refractivity contribution in [3.63, 3.8) is 0 Å². The molecule has 1 aliphatic rings. The van der Waals surface area contributed by atoms with Gasteiger partial charge in [-0.25, -0.2) is 0 Å². The fraction of sp³-hybridized carbons (Fsp3) is 0.800. The summed E-state index contributed by atoms with van der Waals surface area (Å²) in [5.74, 6) is 0.